The molecular formula is C14H14BrN3O3. The molecule has 21 heavy (non-hydrogen) atoms. The summed E-state index contributed by atoms with van der Waals surface area (Å²) in [6, 6.07) is 4.83. The first-order chi connectivity index (χ1) is 10.0. The molecule has 7 heteroatoms. The molecule has 0 atom stereocenters. The number of amides is 1. The van der Waals surface area contributed by atoms with Crippen molar-refractivity contribution in [3.8, 4) is 0 Å². The summed E-state index contributed by atoms with van der Waals surface area (Å²) in [6.07, 6.45) is 3.17. The number of esters is 1. The highest BCUT2D eigenvalue weighted by molar-refractivity contribution is 9.10. The van der Waals surface area contributed by atoms with Crippen LogP contribution in [0.5, 0.6) is 0 Å². The van der Waals surface area contributed by atoms with Crippen LogP contribution in [0.3, 0.4) is 0 Å². The quantitative estimate of drug-likeness (QED) is 0.859. The van der Waals surface area contributed by atoms with Gasteiger partial charge in [0, 0.05) is 17.7 Å². The summed E-state index contributed by atoms with van der Waals surface area (Å²) in [5.41, 5.74) is 1.29. The summed E-state index contributed by atoms with van der Waals surface area (Å²) >= 11 is 3.32. The molecular weight excluding hydrogens is 338 g/mol. The van der Waals surface area contributed by atoms with Gasteiger partial charge >= 0.3 is 5.97 Å². The number of aryl methyl sites for hydroxylation is 1. The van der Waals surface area contributed by atoms with E-state index in [9.17, 15) is 9.59 Å². The Balaban J connectivity index is 2.14. The predicted molar refractivity (Wildman–Crippen MR) is 81.3 cm³/mol. The van der Waals surface area contributed by atoms with Gasteiger partial charge in [-0.3, -0.25) is 4.79 Å². The van der Waals surface area contributed by atoms with Crippen LogP contribution < -0.4 is 5.32 Å². The Morgan fingerprint density at radius 1 is 1.43 bits per heavy atom. The summed E-state index contributed by atoms with van der Waals surface area (Å²) in [5, 5.41) is 2.72. The largest absolute Gasteiger partial charge is 0.462 e. The Labute approximate surface area is 130 Å². The Kier molecular flexibility index (Phi) is 4.74. The number of rotatable bonds is 4. The lowest BCUT2D eigenvalue weighted by atomic mass is 10.2. The van der Waals surface area contributed by atoms with Gasteiger partial charge in [-0.2, -0.15) is 0 Å². The second-order valence-corrected chi connectivity index (χ2v) is 5.15. The van der Waals surface area contributed by atoms with E-state index in [1.165, 1.54) is 0 Å². The van der Waals surface area contributed by atoms with Crippen molar-refractivity contribution in [2.75, 3.05) is 11.9 Å². The van der Waals surface area contributed by atoms with Gasteiger partial charge in [0.1, 0.15) is 5.69 Å². The van der Waals surface area contributed by atoms with Gasteiger partial charge in [0.2, 0.25) is 0 Å². The molecule has 0 saturated heterocycles. The van der Waals surface area contributed by atoms with E-state index in [-0.39, 0.29) is 5.91 Å². The number of nitrogens with one attached hydrogen (secondary N) is 1. The lowest BCUT2D eigenvalue weighted by molar-refractivity contribution is 0.0526. The van der Waals surface area contributed by atoms with E-state index in [2.05, 4.69) is 26.2 Å². The summed E-state index contributed by atoms with van der Waals surface area (Å²) in [6.45, 7) is 2.06. The van der Waals surface area contributed by atoms with Crippen LogP contribution in [-0.2, 0) is 11.8 Å². The number of nitrogens with zero attached hydrogens (tertiary/aromatic N) is 2. The number of hydrogen-bond acceptors (Lipinski definition) is 4. The molecule has 0 aliphatic rings. The monoisotopic (exact) mass is 351 g/mol. The number of hydrogen-bond donors (Lipinski definition) is 1. The standard InChI is InChI=1S/C14H14BrN3O3/c1-3-21-14(20)9-4-5-11(10(15)6-9)17-13(19)12-7-18(2)8-16-12/h4-8H,3H2,1-2H3,(H,17,19). The van der Waals surface area contributed by atoms with E-state index in [0.717, 1.165) is 0 Å². The van der Waals surface area contributed by atoms with Crippen LogP contribution in [-0.4, -0.2) is 28.0 Å². The van der Waals surface area contributed by atoms with Gasteiger partial charge < -0.3 is 14.6 Å². The van der Waals surface area contributed by atoms with Gasteiger partial charge in [-0.25, -0.2) is 9.78 Å². The van der Waals surface area contributed by atoms with Gasteiger partial charge in [-0.1, -0.05) is 0 Å². The molecule has 0 aliphatic heterocycles. The van der Waals surface area contributed by atoms with Gasteiger partial charge in [-0.15, -0.1) is 0 Å². The van der Waals surface area contributed by atoms with Crippen LogP contribution >= 0.6 is 15.9 Å². The Morgan fingerprint density at radius 2 is 2.19 bits per heavy atom. The second kappa shape index (κ2) is 6.53. The van der Waals surface area contributed by atoms with Crippen molar-refractivity contribution in [1.29, 1.82) is 0 Å². The molecule has 0 saturated carbocycles. The van der Waals surface area contributed by atoms with E-state index in [1.54, 1.807) is 49.3 Å². The molecule has 0 bridgehead atoms. The maximum atomic E-state index is 12.0. The molecule has 0 radical (unpaired) electrons. The maximum Gasteiger partial charge on any atom is 0.338 e. The van der Waals surface area contributed by atoms with Crippen molar-refractivity contribution in [2.45, 2.75) is 6.92 Å². The highest BCUT2D eigenvalue weighted by Gasteiger charge is 2.13. The van der Waals surface area contributed by atoms with Crippen molar-refractivity contribution in [3.05, 3.63) is 46.5 Å². The molecule has 0 unspecified atom stereocenters. The van der Waals surface area contributed by atoms with Crippen molar-refractivity contribution in [3.63, 3.8) is 0 Å². The fourth-order valence-corrected chi connectivity index (χ4v) is 2.15. The van der Waals surface area contributed by atoms with Crippen molar-refractivity contribution >= 4 is 33.5 Å². The SMILES string of the molecule is CCOC(=O)c1ccc(NC(=O)c2cn(C)cn2)c(Br)c1. The number of imidazole rings is 1. The molecule has 6 nitrogen and oxygen atoms in total. The maximum absolute atomic E-state index is 12.0. The lowest BCUT2D eigenvalue weighted by Gasteiger charge is -2.08. The molecule has 1 aromatic heterocycles. The molecule has 2 aromatic rings. The zero-order chi connectivity index (χ0) is 15.4. The lowest BCUT2D eigenvalue weighted by Crippen LogP contribution is -2.13. The fourth-order valence-electron chi connectivity index (χ4n) is 1.67. The Bertz CT molecular complexity index is 682. The van der Waals surface area contributed by atoms with Crippen LogP contribution in [0.15, 0.2) is 35.2 Å². The molecule has 2 rings (SSSR count). The summed E-state index contributed by atoms with van der Waals surface area (Å²) < 4.78 is 7.20. The van der Waals surface area contributed by atoms with Gasteiger partial charge in [0.05, 0.1) is 24.2 Å². The third-order valence-corrected chi connectivity index (χ3v) is 3.32. The minimum absolute atomic E-state index is 0.314. The van der Waals surface area contributed by atoms with E-state index < -0.39 is 5.97 Å². The summed E-state index contributed by atoms with van der Waals surface area (Å²) in [7, 11) is 1.79. The first kappa shape index (κ1) is 15.2. The number of ether oxygens (including phenoxy) is 1. The number of anilines is 1. The first-order valence-electron chi connectivity index (χ1n) is 6.27. The van der Waals surface area contributed by atoms with Crippen LogP contribution in [0.1, 0.15) is 27.8 Å². The van der Waals surface area contributed by atoms with Crippen molar-refractivity contribution in [1.82, 2.24) is 9.55 Å². The smallest absolute Gasteiger partial charge is 0.338 e. The third kappa shape index (κ3) is 3.69. The van der Waals surface area contributed by atoms with Gasteiger partial charge in [0.25, 0.3) is 5.91 Å². The van der Waals surface area contributed by atoms with Crippen molar-refractivity contribution in [2.24, 2.45) is 7.05 Å². The number of aromatic nitrogens is 2. The number of benzene rings is 1. The molecule has 0 aliphatic carbocycles. The minimum atomic E-state index is -0.402. The third-order valence-electron chi connectivity index (χ3n) is 2.67. The van der Waals surface area contributed by atoms with Crippen LogP contribution in [0.2, 0.25) is 0 Å². The molecule has 110 valence electrons. The zero-order valence-corrected chi connectivity index (χ0v) is 13.2. The van der Waals surface area contributed by atoms with Gasteiger partial charge in [0.15, 0.2) is 0 Å². The number of carbonyl (C=O) groups excluding carboxylic acids is 2. The van der Waals surface area contributed by atoms with E-state index in [1.807, 2.05) is 0 Å². The average molecular weight is 352 g/mol. The summed E-state index contributed by atoms with van der Waals surface area (Å²) in [4.78, 5) is 27.6. The van der Waals surface area contributed by atoms with Crippen molar-refractivity contribution < 1.29 is 14.3 Å². The highest BCUT2D eigenvalue weighted by Crippen LogP contribution is 2.24. The number of halogens is 1. The summed E-state index contributed by atoms with van der Waals surface area (Å²) in [5.74, 6) is -0.721. The molecule has 0 fully saturated rings. The van der Waals surface area contributed by atoms with Crippen LogP contribution in [0, 0.1) is 0 Å². The molecule has 1 amide bonds. The topological polar surface area (TPSA) is 73.2 Å². The van der Waals surface area contributed by atoms with E-state index in [0.29, 0.717) is 28.0 Å². The molecule has 1 aromatic carbocycles. The second-order valence-electron chi connectivity index (χ2n) is 4.29. The van der Waals surface area contributed by atoms with E-state index >= 15 is 0 Å². The average Bonchev–Trinajstić information content (AvgIpc) is 2.88. The number of carbonyl (C=O) groups is 2. The fraction of sp³-hybridized carbons (Fsp3) is 0.214. The van der Waals surface area contributed by atoms with Crippen LogP contribution in [0.4, 0.5) is 5.69 Å². The molecule has 1 heterocycles. The molecule has 0 spiro atoms. The Morgan fingerprint density at radius 3 is 2.76 bits per heavy atom. The molecule has 1 N–H and O–H groups in total. The normalized spacial score (nSPS) is 10.2. The first-order valence-corrected chi connectivity index (χ1v) is 7.06. The highest BCUT2D eigenvalue weighted by atomic mass is 79.9. The van der Waals surface area contributed by atoms with E-state index in [4.69, 9.17) is 4.74 Å². The van der Waals surface area contributed by atoms with Crippen LogP contribution in [0.25, 0.3) is 0 Å². The zero-order valence-electron chi connectivity index (χ0n) is 11.6. The van der Waals surface area contributed by atoms with Gasteiger partial charge in [-0.05, 0) is 41.1 Å². The minimum Gasteiger partial charge on any atom is -0.462 e. The predicted octanol–water partition coefficient (Wildman–Crippen LogP) is 2.61. The Hall–Kier alpha value is -2.15.